The predicted octanol–water partition coefficient (Wildman–Crippen LogP) is 1.73. The molecule has 2 N–H and O–H groups in total. The molecule has 0 fully saturated rings. The summed E-state index contributed by atoms with van der Waals surface area (Å²) >= 11 is 3.05. The van der Waals surface area contributed by atoms with Crippen molar-refractivity contribution in [3.05, 3.63) is 27.7 Å². The van der Waals surface area contributed by atoms with E-state index in [0.29, 0.717) is 4.47 Å². The van der Waals surface area contributed by atoms with Crippen molar-refractivity contribution < 1.29 is 19.8 Å². The molecule has 0 bridgehead atoms. The molecule has 0 unspecified atom stereocenters. The first-order chi connectivity index (χ1) is 6.45. The number of phenolic OH excluding ortho intramolecular Hbond substituents is 1. The summed E-state index contributed by atoms with van der Waals surface area (Å²) in [6.07, 6.45) is 0. The third-order valence-electron chi connectivity index (χ3n) is 1.75. The molecular formula is C9H7BrO4. The summed E-state index contributed by atoms with van der Waals surface area (Å²) in [6, 6.07) is 2.84. The van der Waals surface area contributed by atoms with Crippen molar-refractivity contribution in [1.29, 1.82) is 0 Å². The Balaban J connectivity index is 3.31. The van der Waals surface area contributed by atoms with Gasteiger partial charge in [0.15, 0.2) is 0 Å². The van der Waals surface area contributed by atoms with Gasteiger partial charge in [0.2, 0.25) is 0 Å². The molecule has 0 heterocycles. The third kappa shape index (κ3) is 1.77. The predicted molar refractivity (Wildman–Crippen MR) is 52.5 cm³/mol. The highest BCUT2D eigenvalue weighted by Gasteiger charge is 2.20. The van der Waals surface area contributed by atoms with E-state index in [1.165, 1.54) is 6.07 Å². The Morgan fingerprint density at radius 2 is 1.93 bits per heavy atom. The van der Waals surface area contributed by atoms with Crippen molar-refractivity contribution in [3.8, 4) is 5.75 Å². The van der Waals surface area contributed by atoms with Gasteiger partial charge in [-0.25, -0.2) is 4.79 Å². The number of carbonyl (C=O) groups is 2. The summed E-state index contributed by atoms with van der Waals surface area (Å²) in [5, 5.41) is 17.9. The Kier molecular flexibility index (Phi) is 2.90. The molecule has 0 spiro atoms. The van der Waals surface area contributed by atoms with Gasteiger partial charge in [-0.2, -0.15) is 0 Å². The number of carbonyl (C=O) groups excluding carboxylic acids is 1. The van der Waals surface area contributed by atoms with Crippen LogP contribution >= 0.6 is 15.9 Å². The molecule has 14 heavy (non-hydrogen) atoms. The molecule has 0 atom stereocenters. The van der Waals surface area contributed by atoms with Crippen LogP contribution in [0, 0.1) is 6.92 Å². The highest BCUT2D eigenvalue weighted by molar-refractivity contribution is 9.10. The van der Waals surface area contributed by atoms with Gasteiger partial charge < -0.3 is 10.2 Å². The van der Waals surface area contributed by atoms with Gasteiger partial charge >= 0.3 is 5.97 Å². The van der Waals surface area contributed by atoms with E-state index in [-0.39, 0.29) is 11.3 Å². The van der Waals surface area contributed by atoms with Crippen LogP contribution in [-0.4, -0.2) is 22.0 Å². The summed E-state index contributed by atoms with van der Waals surface area (Å²) in [7, 11) is 0. The molecule has 0 amide bonds. The van der Waals surface area contributed by atoms with E-state index in [0.717, 1.165) is 5.56 Å². The lowest BCUT2D eigenvalue weighted by atomic mass is 10.1. The maximum absolute atomic E-state index is 11.0. The maximum atomic E-state index is 11.0. The van der Waals surface area contributed by atoms with Gasteiger partial charge in [0.1, 0.15) is 5.75 Å². The lowest BCUT2D eigenvalue weighted by molar-refractivity contribution is -0.131. The molecule has 0 aliphatic heterocycles. The standard InChI is InChI=1S/C9H7BrO4/c1-4-2-3-5(7(11)6(4)10)8(12)9(13)14/h2-3,11H,1H3,(H,13,14). The average molecular weight is 259 g/mol. The monoisotopic (exact) mass is 258 g/mol. The minimum Gasteiger partial charge on any atom is -0.506 e. The molecular weight excluding hydrogens is 252 g/mol. The van der Waals surface area contributed by atoms with Gasteiger partial charge in [0.25, 0.3) is 5.78 Å². The maximum Gasteiger partial charge on any atom is 0.377 e. The van der Waals surface area contributed by atoms with Crippen molar-refractivity contribution in [2.75, 3.05) is 0 Å². The number of hydrogen-bond acceptors (Lipinski definition) is 3. The van der Waals surface area contributed by atoms with Crippen molar-refractivity contribution in [2.24, 2.45) is 0 Å². The van der Waals surface area contributed by atoms with Gasteiger partial charge in [-0.15, -0.1) is 0 Å². The number of rotatable bonds is 2. The number of hydrogen-bond donors (Lipinski definition) is 2. The van der Waals surface area contributed by atoms with Crippen LogP contribution in [0.2, 0.25) is 0 Å². The number of aliphatic carboxylic acids is 1. The lowest BCUT2D eigenvalue weighted by Crippen LogP contribution is -2.13. The van der Waals surface area contributed by atoms with Crippen LogP contribution in [-0.2, 0) is 4.79 Å². The van der Waals surface area contributed by atoms with Crippen LogP contribution in [0.25, 0.3) is 0 Å². The first-order valence-corrected chi connectivity index (χ1v) is 4.50. The number of carboxylic acids is 1. The smallest absolute Gasteiger partial charge is 0.377 e. The van der Waals surface area contributed by atoms with E-state index >= 15 is 0 Å². The second-order valence-electron chi connectivity index (χ2n) is 2.73. The largest absolute Gasteiger partial charge is 0.506 e. The summed E-state index contributed by atoms with van der Waals surface area (Å²) in [5.41, 5.74) is 0.513. The summed E-state index contributed by atoms with van der Waals surface area (Å²) < 4.78 is 0.338. The number of halogens is 1. The number of carboxylic acid groups (broad SMARTS) is 1. The minimum atomic E-state index is -1.59. The molecule has 1 aromatic rings. The molecule has 0 radical (unpaired) electrons. The Morgan fingerprint density at radius 3 is 2.43 bits per heavy atom. The molecule has 1 aromatic carbocycles. The van der Waals surface area contributed by atoms with Crippen LogP contribution in [0.15, 0.2) is 16.6 Å². The molecule has 4 nitrogen and oxygen atoms in total. The quantitative estimate of drug-likeness (QED) is 0.626. The molecule has 0 aliphatic carbocycles. The van der Waals surface area contributed by atoms with Crippen LogP contribution in [0.3, 0.4) is 0 Å². The zero-order valence-electron chi connectivity index (χ0n) is 7.24. The van der Waals surface area contributed by atoms with Gasteiger partial charge in [0.05, 0.1) is 10.0 Å². The fraction of sp³-hybridized carbons (Fsp3) is 0.111. The van der Waals surface area contributed by atoms with E-state index in [1.54, 1.807) is 13.0 Å². The number of Topliss-reactive ketones (excluding diaryl/α,β-unsaturated/α-hetero) is 1. The highest BCUT2D eigenvalue weighted by Crippen LogP contribution is 2.31. The molecule has 1 rings (SSSR count). The zero-order chi connectivity index (χ0) is 10.9. The number of phenols is 1. The number of benzene rings is 1. The van der Waals surface area contributed by atoms with Crippen molar-refractivity contribution in [2.45, 2.75) is 6.92 Å². The van der Waals surface area contributed by atoms with E-state index in [9.17, 15) is 14.7 Å². The zero-order valence-corrected chi connectivity index (χ0v) is 8.83. The number of aryl methyl sites for hydroxylation is 1. The first-order valence-electron chi connectivity index (χ1n) is 3.71. The van der Waals surface area contributed by atoms with Crippen LogP contribution in [0.4, 0.5) is 0 Å². The van der Waals surface area contributed by atoms with Crippen molar-refractivity contribution >= 4 is 27.7 Å². The number of aromatic hydroxyl groups is 1. The van der Waals surface area contributed by atoms with Crippen molar-refractivity contribution in [1.82, 2.24) is 0 Å². The van der Waals surface area contributed by atoms with Crippen molar-refractivity contribution in [3.63, 3.8) is 0 Å². The van der Waals surface area contributed by atoms with Gasteiger partial charge in [-0.3, -0.25) is 4.79 Å². The minimum absolute atomic E-state index is 0.213. The topological polar surface area (TPSA) is 74.6 Å². The average Bonchev–Trinajstić information content (AvgIpc) is 2.13. The lowest BCUT2D eigenvalue weighted by Gasteiger charge is -2.04. The Morgan fingerprint density at radius 1 is 1.36 bits per heavy atom. The van der Waals surface area contributed by atoms with Crippen LogP contribution in [0.5, 0.6) is 5.75 Å². The summed E-state index contributed by atoms with van der Waals surface area (Å²) in [4.78, 5) is 21.4. The normalized spacial score (nSPS) is 9.86. The second kappa shape index (κ2) is 3.79. The fourth-order valence-corrected chi connectivity index (χ4v) is 1.31. The van der Waals surface area contributed by atoms with Crippen LogP contribution < -0.4 is 0 Å². The molecule has 5 heteroatoms. The number of ketones is 1. The molecule has 0 saturated heterocycles. The first kappa shape index (κ1) is 10.7. The second-order valence-corrected chi connectivity index (χ2v) is 3.52. The molecule has 74 valence electrons. The van der Waals surface area contributed by atoms with Gasteiger partial charge in [0, 0.05) is 0 Å². The summed E-state index contributed by atoms with van der Waals surface area (Å²) in [5.74, 6) is -3.04. The van der Waals surface area contributed by atoms with E-state index < -0.39 is 11.8 Å². The molecule has 0 saturated carbocycles. The fourth-order valence-electron chi connectivity index (χ4n) is 0.964. The van der Waals surface area contributed by atoms with Crippen LogP contribution in [0.1, 0.15) is 15.9 Å². The van der Waals surface area contributed by atoms with E-state index in [4.69, 9.17) is 5.11 Å². The Hall–Kier alpha value is -1.36. The Bertz CT molecular complexity index is 412. The molecule has 0 aliphatic rings. The SMILES string of the molecule is Cc1ccc(C(=O)C(=O)O)c(O)c1Br. The Labute approximate surface area is 88.3 Å². The molecule has 0 aromatic heterocycles. The summed E-state index contributed by atoms with van der Waals surface area (Å²) in [6.45, 7) is 1.72. The van der Waals surface area contributed by atoms with Gasteiger partial charge in [-0.05, 0) is 34.5 Å². The highest BCUT2D eigenvalue weighted by atomic mass is 79.9. The third-order valence-corrected chi connectivity index (χ3v) is 2.75. The van der Waals surface area contributed by atoms with E-state index in [1.807, 2.05) is 0 Å². The van der Waals surface area contributed by atoms with E-state index in [2.05, 4.69) is 15.9 Å². The van der Waals surface area contributed by atoms with Gasteiger partial charge in [-0.1, -0.05) is 6.07 Å².